The van der Waals surface area contributed by atoms with Gasteiger partial charge in [-0.2, -0.15) is 0 Å². The summed E-state index contributed by atoms with van der Waals surface area (Å²) in [6, 6.07) is 6.97. The van der Waals surface area contributed by atoms with E-state index < -0.39 is 11.6 Å². The lowest BCUT2D eigenvalue weighted by Crippen LogP contribution is -2.18. The third kappa shape index (κ3) is 2.69. The number of thiophene rings is 1. The van der Waals surface area contributed by atoms with Crippen LogP contribution in [0.1, 0.15) is 33.8 Å². The highest BCUT2D eigenvalue weighted by molar-refractivity contribution is 7.12. The lowest BCUT2D eigenvalue weighted by atomic mass is 10.0. The van der Waals surface area contributed by atoms with E-state index >= 15 is 0 Å². The van der Waals surface area contributed by atoms with Gasteiger partial charge in [0, 0.05) is 15.3 Å². The Balaban J connectivity index is 2.45. The second-order valence-electron chi connectivity index (χ2n) is 4.48. The van der Waals surface area contributed by atoms with Crippen LogP contribution in [0.2, 0.25) is 0 Å². The van der Waals surface area contributed by atoms with Crippen LogP contribution in [0.3, 0.4) is 0 Å². The largest absolute Gasteiger partial charge is 0.309 e. The molecule has 0 saturated carbocycles. The molecule has 0 amide bonds. The molecule has 1 atom stereocenters. The number of rotatable bonds is 4. The minimum absolute atomic E-state index is 0.305. The van der Waals surface area contributed by atoms with Gasteiger partial charge in [0.1, 0.15) is 0 Å². The van der Waals surface area contributed by atoms with Crippen molar-refractivity contribution in [3.8, 4) is 0 Å². The summed E-state index contributed by atoms with van der Waals surface area (Å²) in [7, 11) is 1.76. The molecular weight excluding hydrogens is 264 g/mol. The third-order valence-corrected chi connectivity index (χ3v) is 4.51. The van der Waals surface area contributed by atoms with Crippen molar-refractivity contribution >= 4 is 11.3 Å². The summed E-state index contributed by atoms with van der Waals surface area (Å²) >= 11 is 1.63. The second-order valence-corrected chi connectivity index (χ2v) is 5.68. The van der Waals surface area contributed by atoms with Gasteiger partial charge in [-0.15, -0.1) is 11.3 Å². The molecule has 0 aliphatic heterocycles. The highest BCUT2D eigenvalue weighted by Gasteiger charge is 2.21. The smallest absolute Gasteiger partial charge is 0.164 e. The summed E-state index contributed by atoms with van der Waals surface area (Å²) in [6.07, 6.45) is 0.950. The number of benzene rings is 1. The first-order valence-electron chi connectivity index (χ1n) is 6.28. The molecule has 19 heavy (non-hydrogen) atoms. The Morgan fingerprint density at radius 3 is 2.47 bits per heavy atom. The summed E-state index contributed by atoms with van der Waals surface area (Å²) in [6.45, 7) is 3.65. The van der Waals surface area contributed by atoms with Crippen molar-refractivity contribution in [3.63, 3.8) is 0 Å². The van der Waals surface area contributed by atoms with Crippen molar-refractivity contribution in [1.82, 2.24) is 5.32 Å². The van der Waals surface area contributed by atoms with Gasteiger partial charge in [0.2, 0.25) is 0 Å². The highest BCUT2D eigenvalue weighted by atomic mass is 32.1. The summed E-state index contributed by atoms with van der Waals surface area (Å²) in [5.74, 6) is -1.52. The molecule has 4 heteroatoms. The van der Waals surface area contributed by atoms with Gasteiger partial charge in [0.15, 0.2) is 11.6 Å². The molecule has 102 valence electrons. The summed E-state index contributed by atoms with van der Waals surface area (Å²) in [5, 5.41) is 3.06. The van der Waals surface area contributed by atoms with Crippen molar-refractivity contribution in [2.75, 3.05) is 7.05 Å². The Morgan fingerprint density at radius 2 is 1.89 bits per heavy atom. The Hall–Kier alpha value is -1.26. The van der Waals surface area contributed by atoms with Crippen LogP contribution in [0.4, 0.5) is 8.78 Å². The molecule has 1 heterocycles. The van der Waals surface area contributed by atoms with Gasteiger partial charge in [-0.25, -0.2) is 8.78 Å². The van der Waals surface area contributed by atoms with Crippen LogP contribution >= 0.6 is 11.3 Å². The van der Waals surface area contributed by atoms with Gasteiger partial charge in [-0.05, 0) is 38.1 Å². The molecule has 0 aliphatic rings. The van der Waals surface area contributed by atoms with E-state index in [1.54, 1.807) is 37.4 Å². The van der Waals surface area contributed by atoms with Gasteiger partial charge >= 0.3 is 0 Å². The first-order valence-corrected chi connectivity index (χ1v) is 7.10. The molecule has 2 rings (SSSR count). The fourth-order valence-corrected chi connectivity index (χ4v) is 3.16. The van der Waals surface area contributed by atoms with Gasteiger partial charge < -0.3 is 5.32 Å². The van der Waals surface area contributed by atoms with Crippen molar-refractivity contribution in [2.24, 2.45) is 0 Å². The SMILES string of the molecule is CCc1ccc(C(NC)c2ccc(C)c(F)c2F)s1. The number of nitrogens with one attached hydrogen (secondary N) is 1. The Morgan fingerprint density at radius 1 is 1.16 bits per heavy atom. The summed E-state index contributed by atoms with van der Waals surface area (Å²) in [5.41, 5.74) is 0.687. The molecule has 0 fully saturated rings. The lowest BCUT2D eigenvalue weighted by Gasteiger charge is -2.16. The number of halogens is 2. The highest BCUT2D eigenvalue weighted by Crippen LogP contribution is 2.31. The fourth-order valence-electron chi connectivity index (χ4n) is 2.07. The summed E-state index contributed by atoms with van der Waals surface area (Å²) in [4.78, 5) is 2.24. The maximum atomic E-state index is 14.1. The van der Waals surface area contributed by atoms with E-state index in [0.717, 1.165) is 11.3 Å². The van der Waals surface area contributed by atoms with Gasteiger partial charge in [-0.1, -0.05) is 19.1 Å². The van der Waals surface area contributed by atoms with Crippen LogP contribution in [0.5, 0.6) is 0 Å². The van der Waals surface area contributed by atoms with Crippen LogP contribution in [-0.2, 0) is 6.42 Å². The maximum Gasteiger partial charge on any atom is 0.164 e. The molecule has 0 aliphatic carbocycles. The van der Waals surface area contributed by atoms with Gasteiger partial charge in [-0.3, -0.25) is 0 Å². The van der Waals surface area contributed by atoms with Crippen LogP contribution < -0.4 is 5.32 Å². The molecule has 1 unspecified atom stereocenters. The average Bonchev–Trinajstić information content (AvgIpc) is 2.88. The van der Waals surface area contributed by atoms with E-state index in [0.29, 0.717) is 11.1 Å². The molecule has 0 spiro atoms. The van der Waals surface area contributed by atoms with Crippen molar-refractivity contribution in [1.29, 1.82) is 0 Å². The monoisotopic (exact) mass is 281 g/mol. The van der Waals surface area contributed by atoms with Crippen LogP contribution in [0.15, 0.2) is 24.3 Å². The number of hydrogen-bond acceptors (Lipinski definition) is 2. The predicted molar refractivity (Wildman–Crippen MR) is 75.7 cm³/mol. The van der Waals surface area contributed by atoms with E-state index in [9.17, 15) is 8.78 Å². The first-order chi connectivity index (χ1) is 9.08. The third-order valence-electron chi connectivity index (χ3n) is 3.22. The summed E-state index contributed by atoms with van der Waals surface area (Å²) < 4.78 is 27.7. The van der Waals surface area contributed by atoms with Crippen molar-refractivity contribution in [3.05, 3.63) is 56.8 Å². The molecule has 0 bridgehead atoms. The quantitative estimate of drug-likeness (QED) is 0.885. The number of hydrogen-bond donors (Lipinski definition) is 1. The Bertz CT molecular complexity index is 578. The Kier molecular flexibility index (Phi) is 4.32. The van der Waals surface area contributed by atoms with E-state index in [4.69, 9.17) is 0 Å². The van der Waals surface area contributed by atoms with E-state index in [2.05, 4.69) is 12.2 Å². The topological polar surface area (TPSA) is 12.0 Å². The average molecular weight is 281 g/mol. The standard InChI is InChI=1S/C15H17F2NS/c1-4-10-6-8-12(19-10)15(18-3)11-7-5-9(2)13(16)14(11)17/h5-8,15,18H,4H2,1-3H3. The van der Waals surface area contributed by atoms with Crippen LogP contribution in [0.25, 0.3) is 0 Å². The molecule has 1 nitrogen and oxygen atoms in total. The van der Waals surface area contributed by atoms with Gasteiger partial charge in [0.25, 0.3) is 0 Å². The lowest BCUT2D eigenvalue weighted by molar-refractivity contribution is 0.483. The molecule has 0 radical (unpaired) electrons. The minimum Gasteiger partial charge on any atom is -0.309 e. The van der Waals surface area contributed by atoms with Crippen molar-refractivity contribution < 1.29 is 8.78 Å². The Labute approximate surface area is 116 Å². The minimum atomic E-state index is -0.759. The van der Waals surface area contributed by atoms with Crippen LogP contribution in [-0.4, -0.2) is 7.05 Å². The predicted octanol–water partition coefficient (Wildman–Crippen LogP) is 4.21. The maximum absolute atomic E-state index is 14.1. The molecule has 1 aromatic heterocycles. The zero-order valence-corrected chi connectivity index (χ0v) is 12.1. The normalized spacial score (nSPS) is 12.7. The fraction of sp³-hybridized carbons (Fsp3) is 0.333. The molecular formula is C15H17F2NS. The van der Waals surface area contributed by atoms with E-state index in [1.807, 2.05) is 12.1 Å². The molecule has 0 saturated heterocycles. The molecule has 1 aromatic carbocycles. The van der Waals surface area contributed by atoms with Gasteiger partial charge in [0.05, 0.1) is 6.04 Å². The van der Waals surface area contributed by atoms with E-state index in [1.165, 1.54) is 4.88 Å². The first kappa shape index (κ1) is 14.2. The number of aryl methyl sites for hydroxylation is 2. The molecule has 1 N–H and O–H groups in total. The molecule has 2 aromatic rings. The van der Waals surface area contributed by atoms with Crippen LogP contribution in [0, 0.1) is 18.6 Å². The second kappa shape index (κ2) is 5.80. The zero-order chi connectivity index (χ0) is 14.0. The van der Waals surface area contributed by atoms with E-state index in [-0.39, 0.29) is 6.04 Å². The zero-order valence-electron chi connectivity index (χ0n) is 11.3. The van der Waals surface area contributed by atoms with Crippen molar-refractivity contribution in [2.45, 2.75) is 26.3 Å².